The average Bonchev–Trinajstić information content (AvgIpc) is 2.45. The van der Waals surface area contributed by atoms with E-state index >= 15 is 0 Å². The van der Waals surface area contributed by atoms with Crippen LogP contribution in [0.2, 0.25) is 0 Å². The zero-order chi connectivity index (χ0) is 12.8. The highest BCUT2D eigenvalue weighted by atomic mass is 16.5. The highest BCUT2D eigenvalue weighted by Gasteiger charge is 2.18. The predicted molar refractivity (Wildman–Crippen MR) is 70.8 cm³/mol. The smallest absolute Gasteiger partial charge is 0.334 e. The molecule has 1 aliphatic rings. The van der Waals surface area contributed by atoms with Gasteiger partial charge in [0.1, 0.15) is 0 Å². The lowest BCUT2D eigenvalue weighted by molar-refractivity contribution is -0.136. The molecule has 2 rings (SSSR count). The van der Waals surface area contributed by atoms with E-state index in [1.807, 2.05) is 30.3 Å². The summed E-state index contributed by atoms with van der Waals surface area (Å²) in [5.74, 6) is 6.01. The minimum absolute atomic E-state index is 0.230. The number of hydrogen-bond acceptors (Lipinski definition) is 2. The first kappa shape index (κ1) is 12.4. The summed E-state index contributed by atoms with van der Waals surface area (Å²) in [6.45, 7) is 0. The van der Waals surface area contributed by atoms with E-state index in [0.29, 0.717) is 0 Å². The molecule has 2 heteroatoms. The van der Waals surface area contributed by atoms with Gasteiger partial charge >= 0.3 is 5.97 Å². The van der Waals surface area contributed by atoms with Crippen molar-refractivity contribution < 1.29 is 9.53 Å². The minimum Gasteiger partial charge on any atom is -0.466 e. The summed E-state index contributed by atoms with van der Waals surface area (Å²) in [6, 6.07) is 9.81. The van der Waals surface area contributed by atoms with E-state index in [4.69, 9.17) is 4.74 Å². The van der Waals surface area contributed by atoms with Gasteiger partial charge in [0.25, 0.3) is 0 Å². The first-order valence-electron chi connectivity index (χ1n) is 6.18. The second-order valence-corrected chi connectivity index (χ2v) is 4.27. The summed E-state index contributed by atoms with van der Waals surface area (Å²) in [5, 5.41) is 0. The van der Waals surface area contributed by atoms with Crippen molar-refractivity contribution >= 4 is 5.97 Å². The van der Waals surface area contributed by atoms with Crippen LogP contribution in [-0.4, -0.2) is 13.1 Å². The van der Waals surface area contributed by atoms with Gasteiger partial charge in [-0.2, -0.15) is 0 Å². The fourth-order valence-corrected chi connectivity index (χ4v) is 2.06. The van der Waals surface area contributed by atoms with Gasteiger partial charge in [0, 0.05) is 16.7 Å². The van der Waals surface area contributed by atoms with Gasteiger partial charge < -0.3 is 4.74 Å². The Kier molecular flexibility index (Phi) is 4.20. The average molecular weight is 240 g/mol. The van der Waals surface area contributed by atoms with Gasteiger partial charge in [-0.3, -0.25) is 0 Å². The third-order valence-electron chi connectivity index (χ3n) is 3.03. The van der Waals surface area contributed by atoms with Crippen molar-refractivity contribution in [3.63, 3.8) is 0 Å². The van der Waals surface area contributed by atoms with Gasteiger partial charge in [-0.1, -0.05) is 30.0 Å². The van der Waals surface area contributed by atoms with E-state index in [1.165, 1.54) is 7.11 Å². The summed E-state index contributed by atoms with van der Waals surface area (Å²) >= 11 is 0. The van der Waals surface area contributed by atoms with Crippen LogP contribution in [0.1, 0.15) is 31.2 Å². The van der Waals surface area contributed by atoms with Crippen LogP contribution in [0.4, 0.5) is 0 Å². The van der Waals surface area contributed by atoms with Crippen LogP contribution >= 0.6 is 0 Å². The van der Waals surface area contributed by atoms with Crippen molar-refractivity contribution in [1.82, 2.24) is 0 Å². The number of hydrogen-bond donors (Lipinski definition) is 0. The molecular formula is C16H16O2. The van der Waals surface area contributed by atoms with E-state index < -0.39 is 0 Å². The largest absolute Gasteiger partial charge is 0.466 e. The monoisotopic (exact) mass is 240 g/mol. The molecular weight excluding hydrogens is 224 g/mol. The number of ether oxygens (including phenoxy) is 1. The molecule has 18 heavy (non-hydrogen) atoms. The molecule has 0 aromatic heterocycles. The highest BCUT2D eigenvalue weighted by Crippen LogP contribution is 2.25. The lowest BCUT2D eigenvalue weighted by Crippen LogP contribution is -2.10. The molecule has 0 bridgehead atoms. The van der Waals surface area contributed by atoms with E-state index in [9.17, 15) is 4.79 Å². The van der Waals surface area contributed by atoms with Crippen molar-refractivity contribution in [1.29, 1.82) is 0 Å². The van der Waals surface area contributed by atoms with Crippen LogP contribution in [0.5, 0.6) is 0 Å². The maximum absolute atomic E-state index is 11.6. The summed E-state index contributed by atoms with van der Waals surface area (Å²) in [6.07, 6.45) is 3.80. The lowest BCUT2D eigenvalue weighted by Gasteiger charge is -2.14. The van der Waals surface area contributed by atoms with Gasteiger partial charge in [0.2, 0.25) is 0 Å². The standard InChI is InChI=1S/C16H16O2/c1-18-16(17)15-10-6-5-9-14(15)12-11-13-7-3-2-4-8-13/h2-4,7-8H,5-6,9-10H2,1H3. The van der Waals surface area contributed by atoms with Crippen molar-refractivity contribution in [3.8, 4) is 11.8 Å². The Balaban J connectivity index is 2.27. The lowest BCUT2D eigenvalue weighted by atomic mass is 9.92. The van der Waals surface area contributed by atoms with Gasteiger partial charge in [-0.05, 0) is 37.8 Å². The zero-order valence-electron chi connectivity index (χ0n) is 10.5. The molecule has 0 heterocycles. The fraction of sp³-hybridized carbons (Fsp3) is 0.312. The summed E-state index contributed by atoms with van der Waals surface area (Å²) < 4.78 is 4.81. The normalized spacial score (nSPS) is 14.7. The van der Waals surface area contributed by atoms with Crippen molar-refractivity contribution in [2.75, 3.05) is 7.11 Å². The van der Waals surface area contributed by atoms with Crippen LogP contribution < -0.4 is 0 Å². The van der Waals surface area contributed by atoms with Crippen LogP contribution in [-0.2, 0) is 9.53 Å². The topological polar surface area (TPSA) is 26.3 Å². The number of carbonyl (C=O) groups is 1. The number of allylic oxidation sites excluding steroid dienone is 1. The summed E-state index contributed by atoms with van der Waals surface area (Å²) in [5.41, 5.74) is 2.67. The Labute approximate surface area is 108 Å². The molecule has 0 spiro atoms. The quantitative estimate of drug-likeness (QED) is 0.557. The number of esters is 1. The Morgan fingerprint density at radius 2 is 1.83 bits per heavy atom. The van der Waals surface area contributed by atoms with Crippen LogP contribution in [0.3, 0.4) is 0 Å². The molecule has 0 radical (unpaired) electrons. The second kappa shape index (κ2) is 6.07. The number of rotatable bonds is 1. The molecule has 1 aromatic carbocycles. The first-order chi connectivity index (χ1) is 8.81. The number of carbonyl (C=O) groups excluding carboxylic acids is 1. The van der Waals surface area contributed by atoms with Gasteiger partial charge in [0.15, 0.2) is 0 Å². The van der Waals surface area contributed by atoms with E-state index in [1.54, 1.807) is 0 Å². The second-order valence-electron chi connectivity index (χ2n) is 4.27. The Morgan fingerprint density at radius 1 is 1.11 bits per heavy atom. The molecule has 1 aromatic rings. The highest BCUT2D eigenvalue weighted by molar-refractivity contribution is 5.90. The van der Waals surface area contributed by atoms with Gasteiger partial charge in [-0.25, -0.2) is 4.79 Å². The molecule has 0 unspecified atom stereocenters. The summed E-state index contributed by atoms with van der Waals surface area (Å²) in [4.78, 5) is 11.6. The zero-order valence-corrected chi connectivity index (χ0v) is 10.5. The Morgan fingerprint density at radius 3 is 2.56 bits per heavy atom. The SMILES string of the molecule is COC(=O)C1=C(C#Cc2ccccc2)CCCC1. The van der Waals surface area contributed by atoms with Crippen LogP contribution in [0.15, 0.2) is 41.5 Å². The Bertz CT molecular complexity index is 515. The molecule has 0 N–H and O–H groups in total. The van der Waals surface area contributed by atoms with Crippen molar-refractivity contribution in [2.45, 2.75) is 25.7 Å². The minimum atomic E-state index is -0.230. The molecule has 0 amide bonds. The van der Waals surface area contributed by atoms with Gasteiger partial charge in [-0.15, -0.1) is 0 Å². The molecule has 0 saturated carbocycles. The maximum atomic E-state index is 11.6. The van der Waals surface area contributed by atoms with Crippen LogP contribution in [0, 0.1) is 11.8 Å². The van der Waals surface area contributed by atoms with E-state index in [2.05, 4.69) is 11.8 Å². The molecule has 1 aliphatic carbocycles. The maximum Gasteiger partial charge on any atom is 0.334 e. The molecule has 0 saturated heterocycles. The molecule has 0 aliphatic heterocycles. The predicted octanol–water partition coefficient (Wildman–Crippen LogP) is 3.08. The molecule has 2 nitrogen and oxygen atoms in total. The fourth-order valence-electron chi connectivity index (χ4n) is 2.06. The third kappa shape index (κ3) is 3.01. The van der Waals surface area contributed by atoms with Crippen LogP contribution in [0.25, 0.3) is 0 Å². The number of benzene rings is 1. The third-order valence-corrected chi connectivity index (χ3v) is 3.03. The Hall–Kier alpha value is -2.01. The van der Waals surface area contributed by atoms with Crippen molar-refractivity contribution in [2.24, 2.45) is 0 Å². The molecule has 0 atom stereocenters. The molecule has 92 valence electrons. The molecule has 0 fully saturated rings. The van der Waals surface area contributed by atoms with Crippen molar-refractivity contribution in [3.05, 3.63) is 47.0 Å². The number of methoxy groups -OCH3 is 1. The van der Waals surface area contributed by atoms with Gasteiger partial charge in [0.05, 0.1) is 7.11 Å². The summed E-state index contributed by atoms with van der Waals surface area (Å²) in [7, 11) is 1.42. The van der Waals surface area contributed by atoms with E-state index in [-0.39, 0.29) is 5.97 Å². The van der Waals surface area contributed by atoms with E-state index in [0.717, 1.165) is 42.4 Å². The first-order valence-corrected chi connectivity index (χ1v) is 6.18.